The van der Waals surface area contributed by atoms with E-state index in [2.05, 4.69) is 38.4 Å². The number of anilines is 1. The Kier molecular flexibility index (Phi) is 3.23. The van der Waals surface area contributed by atoms with Gasteiger partial charge in [0.1, 0.15) is 5.82 Å². The van der Waals surface area contributed by atoms with Crippen molar-refractivity contribution in [1.29, 1.82) is 0 Å². The van der Waals surface area contributed by atoms with Gasteiger partial charge >= 0.3 is 0 Å². The molecule has 1 saturated carbocycles. The van der Waals surface area contributed by atoms with E-state index in [-0.39, 0.29) is 0 Å². The highest BCUT2D eigenvalue weighted by Gasteiger charge is 2.28. The Bertz CT molecular complexity index is 507. The summed E-state index contributed by atoms with van der Waals surface area (Å²) in [5, 5.41) is 1.03. The predicted molar refractivity (Wildman–Crippen MR) is 73.1 cm³/mol. The number of pyridine rings is 1. The van der Waals surface area contributed by atoms with E-state index in [0.717, 1.165) is 23.9 Å². The molecule has 0 saturated heterocycles. The molecule has 0 spiro atoms. The summed E-state index contributed by atoms with van der Waals surface area (Å²) in [7, 11) is 2.08. The Morgan fingerprint density at radius 1 is 1.33 bits per heavy atom. The molecule has 5 heteroatoms. The maximum Gasteiger partial charge on any atom is 0.204 e. The molecule has 2 heterocycles. The van der Waals surface area contributed by atoms with Gasteiger partial charge in [-0.3, -0.25) is 4.98 Å². The van der Waals surface area contributed by atoms with Crippen LogP contribution < -0.4 is 4.90 Å². The van der Waals surface area contributed by atoms with Gasteiger partial charge in [-0.25, -0.2) is 4.98 Å². The van der Waals surface area contributed by atoms with Crippen molar-refractivity contribution in [2.75, 3.05) is 18.5 Å². The van der Waals surface area contributed by atoms with Crippen molar-refractivity contribution in [2.45, 2.75) is 25.2 Å². The first-order valence-corrected chi connectivity index (χ1v) is 7.04. The first-order valence-electron chi connectivity index (χ1n) is 6.26. The lowest BCUT2D eigenvalue weighted by Crippen LogP contribution is -2.20. The van der Waals surface area contributed by atoms with Gasteiger partial charge in [0.25, 0.3) is 0 Å². The number of hydrogen-bond donors (Lipinski definition) is 0. The predicted octanol–water partition coefficient (Wildman–Crippen LogP) is 2.49. The zero-order valence-electron chi connectivity index (χ0n) is 10.4. The van der Waals surface area contributed by atoms with E-state index in [0.29, 0.717) is 5.92 Å². The zero-order valence-corrected chi connectivity index (χ0v) is 11.2. The molecule has 94 valence electrons. The van der Waals surface area contributed by atoms with Gasteiger partial charge in [-0.15, -0.1) is 0 Å². The molecule has 2 aromatic rings. The zero-order chi connectivity index (χ0) is 12.4. The van der Waals surface area contributed by atoms with Crippen LogP contribution in [0.2, 0.25) is 0 Å². The third kappa shape index (κ3) is 2.67. The second kappa shape index (κ2) is 5.02. The summed E-state index contributed by atoms with van der Waals surface area (Å²) in [4.78, 5) is 10.8. The van der Waals surface area contributed by atoms with Gasteiger partial charge in [0.05, 0.1) is 0 Å². The fourth-order valence-corrected chi connectivity index (χ4v) is 2.56. The van der Waals surface area contributed by atoms with Crippen LogP contribution in [0.4, 0.5) is 5.13 Å². The maximum atomic E-state index is 4.61. The van der Waals surface area contributed by atoms with E-state index in [4.69, 9.17) is 0 Å². The number of hydrogen-bond acceptors (Lipinski definition) is 5. The Hall–Kier alpha value is -1.49. The normalized spacial score (nSPS) is 14.7. The number of rotatable bonds is 5. The smallest absolute Gasteiger partial charge is 0.204 e. The average Bonchev–Trinajstić information content (AvgIpc) is 3.15. The lowest BCUT2D eigenvalue weighted by Gasteiger charge is -2.14. The van der Waals surface area contributed by atoms with Gasteiger partial charge in [-0.05, 0) is 37.0 Å². The minimum atomic E-state index is 0.642. The molecule has 1 fully saturated rings. The molecule has 0 radical (unpaired) electrons. The summed E-state index contributed by atoms with van der Waals surface area (Å²) in [5.41, 5.74) is 1.31. The maximum absolute atomic E-state index is 4.61. The lowest BCUT2D eigenvalue weighted by atomic mass is 10.2. The molecule has 1 aliphatic carbocycles. The van der Waals surface area contributed by atoms with Crippen LogP contribution in [0, 0.1) is 0 Å². The highest BCUT2D eigenvalue weighted by atomic mass is 32.1. The van der Waals surface area contributed by atoms with E-state index in [1.54, 1.807) is 0 Å². The van der Waals surface area contributed by atoms with E-state index in [9.17, 15) is 0 Å². The molecule has 0 aromatic carbocycles. The molecule has 4 nitrogen and oxygen atoms in total. The second-order valence-electron chi connectivity index (χ2n) is 4.74. The summed E-state index contributed by atoms with van der Waals surface area (Å²) in [6.07, 6.45) is 7.21. The first kappa shape index (κ1) is 11.6. The van der Waals surface area contributed by atoms with E-state index in [1.165, 1.54) is 29.9 Å². The van der Waals surface area contributed by atoms with E-state index in [1.807, 2.05) is 12.4 Å². The van der Waals surface area contributed by atoms with Crippen LogP contribution in [0.5, 0.6) is 0 Å². The number of aromatic nitrogens is 3. The van der Waals surface area contributed by atoms with Crippen LogP contribution in [-0.2, 0) is 6.42 Å². The fourth-order valence-electron chi connectivity index (χ4n) is 1.83. The van der Waals surface area contributed by atoms with Gasteiger partial charge in [-0.1, -0.05) is 0 Å². The van der Waals surface area contributed by atoms with Crippen molar-refractivity contribution in [3.63, 3.8) is 0 Å². The Balaban J connectivity index is 1.58. The molecular weight excluding hydrogens is 244 g/mol. The van der Waals surface area contributed by atoms with Crippen LogP contribution in [0.3, 0.4) is 0 Å². The van der Waals surface area contributed by atoms with Crippen molar-refractivity contribution in [3.8, 4) is 0 Å². The molecule has 2 aromatic heterocycles. The van der Waals surface area contributed by atoms with Gasteiger partial charge in [-0.2, -0.15) is 4.37 Å². The third-order valence-corrected chi connectivity index (χ3v) is 4.03. The average molecular weight is 260 g/mol. The largest absolute Gasteiger partial charge is 0.350 e. The summed E-state index contributed by atoms with van der Waals surface area (Å²) in [6, 6.07) is 4.12. The van der Waals surface area contributed by atoms with Crippen LogP contribution in [0.25, 0.3) is 0 Å². The summed E-state index contributed by atoms with van der Waals surface area (Å²) in [6.45, 7) is 0.962. The van der Waals surface area contributed by atoms with Crippen LogP contribution in [0.15, 0.2) is 24.5 Å². The standard InChI is InChI=1S/C13H16N4S/c1-17(9-6-10-4-7-14-8-5-10)13-15-12(16-18-13)11-2-3-11/h4-5,7-8,11H,2-3,6,9H2,1H3. The molecule has 1 aliphatic rings. The number of nitrogens with zero attached hydrogens (tertiary/aromatic N) is 4. The van der Waals surface area contributed by atoms with Crippen molar-refractivity contribution < 1.29 is 0 Å². The molecule has 3 rings (SSSR count). The molecule has 0 N–H and O–H groups in total. The fraction of sp³-hybridized carbons (Fsp3) is 0.462. The van der Waals surface area contributed by atoms with Crippen LogP contribution in [-0.4, -0.2) is 27.9 Å². The minimum Gasteiger partial charge on any atom is -0.350 e. The Labute approximate surface area is 111 Å². The first-order chi connectivity index (χ1) is 8.83. The quantitative estimate of drug-likeness (QED) is 0.828. The topological polar surface area (TPSA) is 41.9 Å². The van der Waals surface area contributed by atoms with Crippen LogP contribution >= 0.6 is 11.5 Å². The number of likely N-dealkylation sites (N-methyl/N-ethyl adjacent to an activating group) is 1. The molecule has 18 heavy (non-hydrogen) atoms. The minimum absolute atomic E-state index is 0.642. The van der Waals surface area contributed by atoms with E-state index < -0.39 is 0 Å². The lowest BCUT2D eigenvalue weighted by molar-refractivity contribution is 0.860. The molecule has 0 bridgehead atoms. The summed E-state index contributed by atoms with van der Waals surface area (Å²) in [5.74, 6) is 1.69. The van der Waals surface area contributed by atoms with Gasteiger partial charge in [0.15, 0.2) is 0 Å². The van der Waals surface area contributed by atoms with Crippen molar-refractivity contribution >= 4 is 16.7 Å². The molecule has 0 atom stereocenters. The third-order valence-electron chi connectivity index (χ3n) is 3.19. The molecule has 0 unspecified atom stereocenters. The highest BCUT2D eigenvalue weighted by molar-refractivity contribution is 7.09. The van der Waals surface area contributed by atoms with Crippen molar-refractivity contribution in [2.24, 2.45) is 0 Å². The molecule has 0 aliphatic heterocycles. The van der Waals surface area contributed by atoms with Crippen molar-refractivity contribution in [1.82, 2.24) is 14.3 Å². The second-order valence-corrected chi connectivity index (χ2v) is 5.47. The highest BCUT2D eigenvalue weighted by Crippen LogP contribution is 2.39. The Morgan fingerprint density at radius 3 is 2.83 bits per heavy atom. The summed E-state index contributed by atoms with van der Waals surface area (Å²) < 4.78 is 4.43. The van der Waals surface area contributed by atoms with Crippen LogP contribution in [0.1, 0.15) is 30.1 Å². The molecule has 0 amide bonds. The van der Waals surface area contributed by atoms with Gasteiger partial charge in [0, 0.05) is 43.4 Å². The monoisotopic (exact) mass is 260 g/mol. The SMILES string of the molecule is CN(CCc1ccncc1)c1nc(C2CC2)ns1. The Morgan fingerprint density at radius 2 is 2.11 bits per heavy atom. The molecular formula is C13H16N4S. The van der Waals surface area contributed by atoms with E-state index >= 15 is 0 Å². The van der Waals surface area contributed by atoms with Gasteiger partial charge in [0.2, 0.25) is 5.13 Å². The summed E-state index contributed by atoms with van der Waals surface area (Å²) >= 11 is 1.51. The van der Waals surface area contributed by atoms with Crippen molar-refractivity contribution in [3.05, 3.63) is 35.9 Å². The van der Waals surface area contributed by atoms with Gasteiger partial charge < -0.3 is 4.90 Å².